The minimum absolute atomic E-state index is 0.109. The van der Waals surface area contributed by atoms with Crippen LogP contribution in [-0.2, 0) is 4.79 Å². The molecule has 5 heteroatoms. The third kappa shape index (κ3) is 2.46. The molecule has 100 valence electrons. The number of ketones is 1. The zero-order valence-corrected chi connectivity index (χ0v) is 11.8. The lowest BCUT2D eigenvalue weighted by atomic mass is 9.96. The van der Waals surface area contributed by atoms with Crippen molar-refractivity contribution in [2.75, 3.05) is 0 Å². The summed E-state index contributed by atoms with van der Waals surface area (Å²) < 4.78 is 19.0. The average molecular weight is 304 g/mol. The van der Waals surface area contributed by atoms with Gasteiger partial charge in [0.1, 0.15) is 11.6 Å². The van der Waals surface area contributed by atoms with Crippen LogP contribution in [0.3, 0.4) is 0 Å². The predicted octanol–water partition coefficient (Wildman–Crippen LogP) is 4.19. The summed E-state index contributed by atoms with van der Waals surface area (Å²) in [6, 6.07) is 9.51. The lowest BCUT2D eigenvalue weighted by Crippen LogP contribution is -2.11. The van der Waals surface area contributed by atoms with Crippen LogP contribution >= 0.6 is 24.0 Å². The molecule has 1 aliphatic rings. The van der Waals surface area contributed by atoms with Crippen molar-refractivity contribution in [3.05, 3.63) is 64.7 Å². The first-order valence-electron chi connectivity index (χ1n) is 5.92. The van der Waals surface area contributed by atoms with Crippen molar-refractivity contribution in [1.82, 2.24) is 0 Å². The van der Waals surface area contributed by atoms with E-state index in [0.717, 1.165) is 0 Å². The SMILES string of the molecule is O=C1C(=Cc2ccco2)SC(=S)C1c1cccc(F)c1. The van der Waals surface area contributed by atoms with E-state index in [4.69, 9.17) is 16.6 Å². The first kappa shape index (κ1) is 13.3. The molecule has 0 radical (unpaired) electrons. The van der Waals surface area contributed by atoms with E-state index in [0.29, 0.717) is 20.4 Å². The number of thiocarbonyl (C=S) groups is 1. The Morgan fingerprint density at radius 2 is 2.15 bits per heavy atom. The van der Waals surface area contributed by atoms with Crippen molar-refractivity contribution in [3.8, 4) is 0 Å². The van der Waals surface area contributed by atoms with E-state index in [1.165, 1.54) is 23.9 Å². The summed E-state index contributed by atoms with van der Waals surface area (Å²) in [4.78, 5) is 12.9. The van der Waals surface area contributed by atoms with E-state index in [1.807, 2.05) is 0 Å². The summed E-state index contributed by atoms with van der Waals surface area (Å²) >= 11 is 6.51. The van der Waals surface area contributed by atoms with Crippen molar-refractivity contribution in [2.45, 2.75) is 5.92 Å². The average Bonchev–Trinajstić information content (AvgIpc) is 2.99. The zero-order chi connectivity index (χ0) is 14.1. The fourth-order valence-corrected chi connectivity index (χ4v) is 3.53. The maximum Gasteiger partial charge on any atom is 0.182 e. The molecule has 1 aromatic carbocycles. The molecule has 20 heavy (non-hydrogen) atoms. The fraction of sp³-hybridized carbons (Fsp3) is 0.0667. The lowest BCUT2D eigenvalue weighted by molar-refractivity contribution is -0.114. The smallest absolute Gasteiger partial charge is 0.182 e. The van der Waals surface area contributed by atoms with Crippen LogP contribution in [0.1, 0.15) is 17.2 Å². The van der Waals surface area contributed by atoms with Crippen LogP contribution in [0.25, 0.3) is 6.08 Å². The van der Waals surface area contributed by atoms with Crippen LogP contribution in [0.15, 0.2) is 52.0 Å². The van der Waals surface area contributed by atoms with Crippen molar-refractivity contribution in [3.63, 3.8) is 0 Å². The number of benzene rings is 1. The van der Waals surface area contributed by atoms with E-state index in [2.05, 4.69) is 0 Å². The Morgan fingerprint density at radius 3 is 2.85 bits per heavy atom. The van der Waals surface area contributed by atoms with Crippen LogP contribution in [0.2, 0.25) is 0 Å². The van der Waals surface area contributed by atoms with Crippen LogP contribution in [-0.4, -0.2) is 9.98 Å². The Hall–Kier alpha value is -1.72. The highest BCUT2D eigenvalue weighted by molar-refractivity contribution is 8.27. The summed E-state index contributed by atoms with van der Waals surface area (Å²) in [5.74, 6) is -0.441. The van der Waals surface area contributed by atoms with Gasteiger partial charge in [0.15, 0.2) is 5.78 Å². The number of halogens is 1. The molecule has 0 aliphatic carbocycles. The molecule has 2 aromatic rings. The van der Waals surface area contributed by atoms with Gasteiger partial charge >= 0.3 is 0 Å². The number of hydrogen-bond donors (Lipinski definition) is 0. The number of carbonyl (C=O) groups is 1. The summed E-state index contributed by atoms with van der Waals surface area (Å²) in [6.45, 7) is 0. The van der Waals surface area contributed by atoms with E-state index < -0.39 is 5.92 Å². The molecule has 1 atom stereocenters. The number of furan rings is 1. The van der Waals surface area contributed by atoms with Gasteiger partial charge in [0.25, 0.3) is 0 Å². The molecule has 2 heterocycles. The monoisotopic (exact) mass is 304 g/mol. The highest BCUT2D eigenvalue weighted by atomic mass is 32.2. The van der Waals surface area contributed by atoms with E-state index in [1.54, 1.807) is 36.6 Å². The van der Waals surface area contributed by atoms with E-state index in [-0.39, 0.29) is 11.6 Å². The number of carbonyl (C=O) groups excluding carboxylic acids is 1. The molecule has 0 N–H and O–H groups in total. The molecule has 0 bridgehead atoms. The predicted molar refractivity (Wildman–Crippen MR) is 81.0 cm³/mol. The third-order valence-corrected chi connectivity index (χ3v) is 4.41. The van der Waals surface area contributed by atoms with Gasteiger partial charge in [-0.05, 0) is 35.9 Å². The first-order chi connectivity index (χ1) is 9.65. The number of thioether (sulfide) groups is 1. The van der Waals surface area contributed by atoms with Gasteiger partial charge in [-0.1, -0.05) is 36.1 Å². The van der Waals surface area contributed by atoms with Gasteiger partial charge in [0.2, 0.25) is 0 Å². The standard InChI is InChI=1S/C15H9FO2S2/c16-10-4-1-3-9(7-10)13-14(17)12(20-15(13)19)8-11-5-2-6-18-11/h1-8,13H. The molecule has 0 saturated carbocycles. The van der Waals surface area contributed by atoms with Crippen LogP contribution in [0.5, 0.6) is 0 Å². The molecule has 3 rings (SSSR count). The maximum absolute atomic E-state index is 13.3. The van der Waals surface area contributed by atoms with Crippen LogP contribution in [0.4, 0.5) is 4.39 Å². The van der Waals surface area contributed by atoms with Crippen LogP contribution < -0.4 is 0 Å². The van der Waals surface area contributed by atoms with Gasteiger partial charge in [-0.25, -0.2) is 4.39 Å². The van der Waals surface area contributed by atoms with Gasteiger partial charge in [-0.2, -0.15) is 0 Å². The second-order valence-corrected chi connectivity index (χ2v) is 6.08. The molecule has 1 aromatic heterocycles. The van der Waals surface area contributed by atoms with Gasteiger partial charge < -0.3 is 4.42 Å². The summed E-state index contributed by atoms with van der Waals surface area (Å²) in [7, 11) is 0. The summed E-state index contributed by atoms with van der Waals surface area (Å²) in [5.41, 5.74) is 0.593. The van der Waals surface area contributed by atoms with Gasteiger partial charge in [0, 0.05) is 0 Å². The van der Waals surface area contributed by atoms with E-state index in [9.17, 15) is 9.18 Å². The Morgan fingerprint density at radius 1 is 1.30 bits per heavy atom. The van der Waals surface area contributed by atoms with Crippen molar-refractivity contribution in [1.29, 1.82) is 0 Å². The van der Waals surface area contributed by atoms with Gasteiger partial charge in [-0.15, -0.1) is 0 Å². The number of Topliss-reactive ketones (excluding diaryl/α,β-unsaturated/α-hetero) is 1. The Balaban J connectivity index is 1.95. The molecule has 1 saturated heterocycles. The Labute approximate surface area is 124 Å². The zero-order valence-electron chi connectivity index (χ0n) is 10.2. The minimum atomic E-state index is -0.563. The van der Waals surface area contributed by atoms with Crippen molar-refractivity contribution >= 4 is 40.0 Å². The third-order valence-electron chi connectivity index (χ3n) is 2.95. The fourth-order valence-electron chi connectivity index (χ4n) is 2.04. The highest BCUT2D eigenvalue weighted by Gasteiger charge is 2.36. The van der Waals surface area contributed by atoms with Gasteiger partial charge in [0.05, 0.1) is 21.3 Å². The quantitative estimate of drug-likeness (QED) is 0.615. The van der Waals surface area contributed by atoms with Crippen molar-refractivity contribution < 1.29 is 13.6 Å². The first-order valence-corrected chi connectivity index (χ1v) is 7.14. The van der Waals surface area contributed by atoms with E-state index >= 15 is 0 Å². The lowest BCUT2D eigenvalue weighted by Gasteiger charge is -2.07. The van der Waals surface area contributed by atoms with Crippen LogP contribution in [0, 0.1) is 5.82 Å². The number of allylic oxidation sites excluding steroid dienone is 1. The minimum Gasteiger partial charge on any atom is -0.465 e. The number of rotatable bonds is 2. The highest BCUT2D eigenvalue weighted by Crippen LogP contribution is 2.41. The van der Waals surface area contributed by atoms with Gasteiger partial charge in [-0.3, -0.25) is 4.79 Å². The number of hydrogen-bond acceptors (Lipinski definition) is 4. The second-order valence-electron chi connectivity index (χ2n) is 4.30. The molecular weight excluding hydrogens is 295 g/mol. The molecular formula is C15H9FO2S2. The molecule has 1 unspecified atom stereocenters. The largest absolute Gasteiger partial charge is 0.465 e. The molecule has 2 nitrogen and oxygen atoms in total. The molecule has 1 fully saturated rings. The topological polar surface area (TPSA) is 30.2 Å². The normalized spacial score (nSPS) is 20.9. The molecule has 0 spiro atoms. The summed E-state index contributed by atoms with van der Waals surface area (Å²) in [5, 5.41) is 0. The second kappa shape index (κ2) is 5.34. The van der Waals surface area contributed by atoms with Crippen molar-refractivity contribution in [2.24, 2.45) is 0 Å². The Bertz CT molecular complexity index is 704. The maximum atomic E-state index is 13.3. The Kier molecular flexibility index (Phi) is 3.54. The molecule has 1 aliphatic heterocycles. The molecule has 0 amide bonds. The summed E-state index contributed by atoms with van der Waals surface area (Å²) in [6.07, 6.45) is 3.21.